The van der Waals surface area contributed by atoms with Gasteiger partial charge >= 0.3 is 0 Å². The van der Waals surface area contributed by atoms with Crippen molar-refractivity contribution in [2.75, 3.05) is 11.5 Å². The van der Waals surface area contributed by atoms with Crippen LogP contribution < -0.4 is 5.73 Å². The summed E-state index contributed by atoms with van der Waals surface area (Å²) in [5.74, 6) is 0.0100. The fraction of sp³-hybridized carbons (Fsp3) is 0.111. The number of benzene rings is 1. The number of hydrogen-bond acceptors (Lipinski definition) is 2. The Bertz CT molecular complexity index is 368. The highest BCUT2D eigenvalue weighted by Gasteiger charge is 2.06. The van der Waals surface area contributed by atoms with Gasteiger partial charge in [0.1, 0.15) is 5.82 Å². The molecule has 0 atom stereocenters. The number of anilines is 1. The molecule has 0 spiro atoms. The van der Waals surface area contributed by atoms with Crippen molar-refractivity contribution in [1.82, 2.24) is 0 Å². The average molecular weight is 252 g/mol. The molecule has 0 saturated carbocycles. The Morgan fingerprint density at radius 2 is 2.21 bits per heavy atom. The Kier molecular flexibility index (Phi) is 4.11. The Labute approximate surface area is 96.1 Å². The molecule has 1 aromatic rings. The predicted octanol–water partition coefficient (Wildman–Crippen LogP) is 3.91. The van der Waals surface area contributed by atoms with Crippen LogP contribution in [0.25, 0.3) is 0 Å². The molecule has 2 N–H and O–H groups in total. The highest BCUT2D eigenvalue weighted by Crippen LogP contribution is 2.31. The second-order valence-corrected chi connectivity index (χ2v) is 4.57. The fourth-order valence-electron chi connectivity index (χ4n) is 0.812. The second kappa shape index (κ2) is 4.91. The molecule has 0 radical (unpaired) electrons. The van der Waals surface area contributed by atoms with Gasteiger partial charge in [-0.15, -0.1) is 11.8 Å². The van der Waals surface area contributed by atoms with Gasteiger partial charge in [-0.05, 0) is 12.1 Å². The zero-order chi connectivity index (χ0) is 10.7. The van der Waals surface area contributed by atoms with E-state index in [1.807, 2.05) is 0 Å². The van der Waals surface area contributed by atoms with Crippen LogP contribution in [-0.2, 0) is 0 Å². The Hall–Kier alpha value is -0.380. The molecule has 0 bridgehead atoms. The van der Waals surface area contributed by atoms with Gasteiger partial charge < -0.3 is 5.73 Å². The molecule has 14 heavy (non-hydrogen) atoms. The molecule has 0 aliphatic carbocycles. The first kappa shape index (κ1) is 11.7. The minimum absolute atomic E-state index is 0.0806. The van der Waals surface area contributed by atoms with E-state index in [9.17, 15) is 4.39 Å². The first-order valence-electron chi connectivity index (χ1n) is 3.71. The average Bonchev–Trinajstić information content (AvgIpc) is 2.09. The van der Waals surface area contributed by atoms with Gasteiger partial charge in [-0.3, -0.25) is 0 Å². The topological polar surface area (TPSA) is 26.0 Å². The van der Waals surface area contributed by atoms with Gasteiger partial charge in [0.25, 0.3) is 0 Å². The van der Waals surface area contributed by atoms with E-state index < -0.39 is 5.82 Å². The van der Waals surface area contributed by atoms with Crippen molar-refractivity contribution >= 4 is 40.7 Å². The lowest BCUT2D eigenvalue weighted by molar-refractivity contribution is 0.631. The summed E-state index contributed by atoms with van der Waals surface area (Å²) in [4.78, 5) is 0.701. The largest absolute Gasteiger partial charge is 0.396 e. The van der Waals surface area contributed by atoms with E-state index in [1.54, 1.807) is 0 Å². The van der Waals surface area contributed by atoms with Crippen molar-refractivity contribution in [2.24, 2.45) is 0 Å². The van der Waals surface area contributed by atoms with E-state index in [1.165, 1.54) is 23.9 Å². The van der Waals surface area contributed by atoms with Crippen molar-refractivity contribution in [3.63, 3.8) is 0 Å². The third-order valence-electron chi connectivity index (χ3n) is 1.44. The van der Waals surface area contributed by atoms with E-state index in [2.05, 4.69) is 6.58 Å². The highest BCUT2D eigenvalue weighted by molar-refractivity contribution is 7.99. The second-order valence-electron chi connectivity index (χ2n) is 2.61. The summed E-state index contributed by atoms with van der Waals surface area (Å²) in [7, 11) is 0. The van der Waals surface area contributed by atoms with Crippen LogP contribution in [0.3, 0.4) is 0 Å². The van der Waals surface area contributed by atoms with Crippen LogP contribution in [0.15, 0.2) is 28.6 Å². The zero-order valence-corrected chi connectivity index (χ0v) is 9.52. The molecule has 0 aliphatic rings. The minimum Gasteiger partial charge on any atom is -0.396 e. The summed E-state index contributed by atoms with van der Waals surface area (Å²) in [6.07, 6.45) is 0. The number of hydrogen-bond donors (Lipinski definition) is 1. The Balaban J connectivity index is 2.87. The standard InChI is InChI=1S/C9H8Cl2FNS/c1-5(10)4-14-9-3-8(13)7(12)2-6(9)11/h2-3H,1,4,13H2. The van der Waals surface area contributed by atoms with Crippen LogP contribution in [0.5, 0.6) is 0 Å². The van der Waals surface area contributed by atoms with E-state index in [0.29, 0.717) is 20.7 Å². The molecule has 0 heterocycles. The van der Waals surface area contributed by atoms with Gasteiger partial charge in [-0.2, -0.15) is 0 Å². The third-order valence-corrected chi connectivity index (χ3v) is 3.29. The van der Waals surface area contributed by atoms with Crippen molar-refractivity contribution in [3.8, 4) is 0 Å². The van der Waals surface area contributed by atoms with Gasteiger partial charge in [0.15, 0.2) is 0 Å². The monoisotopic (exact) mass is 251 g/mol. The van der Waals surface area contributed by atoms with Crippen molar-refractivity contribution in [3.05, 3.63) is 34.6 Å². The quantitative estimate of drug-likeness (QED) is 0.652. The third kappa shape index (κ3) is 3.08. The van der Waals surface area contributed by atoms with Crippen molar-refractivity contribution in [2.45, 2.75) is 4.90 Å². The van der Waals surface area contributed by atoms with E-state index in [0.717, 1.165) is 0 Å². The molecule has 0 unspecified atom stereocenters. The van der Waals surface area contributed by atoms with E-state index in [-0.39, 0.29) is 5.69 Å². The predicted molar refractivity (Wildman–Crippen MR) is 61.5 cm³/mol. The molecule has 0 aliphatic heterocycles. The Morgan fingerprint density at radius 1 is 1.57 bits per heavy atom. The molecule has 0 fully saturated rings. The minimum atomic E-state index is -0.510. The number of nitrogen functional groups attached to an aromatic ring is 1. The Morgan fingerprint density at radius 3 is 2.79 bits per heavy atom. The van der Waals surface area contributed by atoms with Gasteiger partial charge in [0.2, 0.25) is 0 Å². The molecule has 0 saturated heterocycles. The van der Waals surface area contributed by atoms with Crippen LogP contribution >= 0.6 is 35.0 Å². The summed E-state index contributed by atoms with van der Waals surface area (Å²) < 4.78 is 12.9. The molecule has 76 valence electrons. The van der Waals surface area contributed by atoms with Crippen LogP contribution in [0.4, 0.5) is 10.1 Å². The van der Waals surface area contributed by atoms with Crippen LogP contribution in [0, 0.1) is 5.82 Å². The smallest absolute Gasteiger partial charge is 0.147 e. The summed E-state index contributed by atoms with van der Waals surface area (Å²) in [6, 6.07) is 2.68. The molecule has 1 aromatic carbocycles. The number of nitrogens with two attached hydrogens (primary N) is 1. The normalized spacial score (nSPS) is 10.2. The van der Waals surface area contributed by atoms with Gasteiger partial charge in [0, 0.05) is 15.7 Å². The van der Waals surface area contributed by atoms with Crippen LogP contribution in [-0.4, -0.2) is 5.75 Å². The van der Waals surface area contributed by atoms with Crippen molar-refractivity contribution in [1.29, 1.82) is 0 Å². The number of thioether (sulfide) groups is 1. The summed E-state index contributed by atoms with van der Waals surface area (Å²) in [5.41, 5.74) is 5.47. The first-order valence-corrected chi connectivity index (χ1v) is 5.45. The van der Waals surface area contributed by atoms with Crippen LogP contribution in [0.1, 0.15) is 0 Å². The maximum atomic E-state index is 12.9. The molecular formula is C9H8Cl2FNS. The molecule has 0 aromatic heterocycles. The SMILES string of the molecule is C=C(Cl)CSc1cc(N)c(F)cc1Cl. The maximum Gasteiger partial charge on any atom is 0.147 e. The number of halogens is 3. The van der Waals surface area contributed by atoms with Gasteiger partial charge in [-0.25, -0.2) is 4.39 Å². The lowest BCUT2D eigenvalue weighted by Gasteiger charge is -2.05. The molecule has 5 heteroatoms. The molecule has 1 rings (SSSR count). The lowest BCUT2D eigenvalue weighted by Crippen LogP contribution is -1.91. The van der Waals surface area contributed by atoms with Gasteiger partial charge in [0.05, 0.1) is 10.7 Å². The lowest BCUT2D eigenvalue weighted by atomic mass is 10.3. The van der Waals surface area contributed by atoms with Crippen molar-refractivity contribution < 1.29 is 4.39 Å². The molecule has 0 amide bonds. The fourth-order valence-corrected chi connectivity index (χ4v) is 2.01. The highest BCUT2D eigenvalue weighted by atomic mass is 35.5. The molecule has 1 nitrogen and oxygen atoms in total. The summed E-state index contributed by atoms with van der Waals surface area (Å²) in [6.45, 7) is 3.54. The number of rotatable bonds is 3. The van der Waals surface area contributed by atoms with E-state index >= 15 is 0 Å². The summed E-state index contributed by atoms with van der Waals surface area (Å²) >= 11 is 12.8. The maximum absolute atomic E-state index is 12.9. The zero-order valence-electron chi connectivity index (χ0n) is 7.19. The first-order chi connectivity index (χ1) is 6.50. The molecular weight excluding hydrogens is 244 g/mol. The summed E-state index contributed by atoms with van der Waals surface area (Å²) in [5, 5.41) is 0.841. The van der Waals surface area contributed by atoms with Crippen LogP contribution in [0.2, 0.25) is 5.02 Å². The van der Waals surface area contributed by atoms with E-state index in [4.69, 9.17) is 28.9 Å². The van der Waals surface area contributed by atoms with Gasteiger partial charge in [-0.1, -0.05) is 29.8 Å².